The van der Waals surface area contributed by atoms with Gasteiger partial charge >= 0.3 is 5.97 Å². The van der Waals surface area contributed by atoms with E-state index in [2.05, 4.69) is 14.7 Å². The maximum Gasteiger partial charge on any atom is 0.337 e. The van der Waals surface area contributed by atoms with Gasteiger partial charge in [0.1, 0.15) is 5.75 Å². The molecule has 0 aliphatic carbocycles. The number of sulfone groups is 1. The second-order valence-electron chi connectivity index (χ2n) is 7.37. The summed E-state index contributed by atoms with van der Waals surface area (Å²) >= 11 is 0. The first-order chi connectivity index (χ1) is 16.1. The fourth-order valence-electron chi connectivity index (χ4n) is 3.05. The number of ether oxygens (including phenoxy) is 1. The summed E-state index contributed by atoms with van der Waals surface area (Å²) in [5, 5.41) is 18.7. The number of phenols is 1. The lowest BCUT2D eigenvalue weighted by Crippen LogP contribution is -2.09. The van der Waals surface area contributed by atoms with Gasteiger partial charge in [0.25, 0.3) is 0 Å². The van der Waals surface area contributed by atoms with E-state index in [-0.39, 0.29) is 27.9 Å². The number of aliphatic imine (C=N–C) groups is 2. The number of benzene rings is 3. The Balaban J connectivity index is 2.06. The summed E-state index contributed by atoms with van der Waals surface area (Å²) in [4.78, 5) is 20.6. The summed E-state index contributed by atoms with van der Waals surface area (Å²) in [6, 6.07) is 19.2. The number of nitrogens with zero attached hydrogens (tertiary/aromatic N) is 2. The molecular formula is C25H23N3O5S. The van der Waals surface area contributed by atoms with Crippen molar-refractivity contribution in [3.05, 3.63) is 95.1 Å². The zero-order valence-corrected chi connectivity index (χ0v) is 19.6. The molecule has 0 aromatic heterocycles. The first-order valence-corrected chi connectivity index (χ1v) is 12.0. The van der Waals surface area contributed by atoms with Crippen molar-refractivity contribution in [3.8, 4) is 5.75 Å². The van der Waals surface area contributed by atoms with E-state index in [0.29, 0.717) is 22.4 Å². The van der Waals surface area contributed by atoms with E-state index in [9.17, 15) is 18.3 Å². The van der Waals surface area contributed by atoms with Crippen LogP contribution in [0.25, 0.3) is 0 Å². The third-order valence-electron chi connectivity index (χ3n) is 4.89. The first kappa shape index (κ1) is 24.5. The minimum Gasteiger partial charge on any atom is -0.507 e. The monoisotopic (exact) mass is 477 g/mol. The zero-order valence-electron chi connectivity index (χ0n) is 18.8. The molecule has 8 nitrogen and oxygen atoms in total. The van der Waals surface area contributed by atoms with Gasteiger partial charge < -0.3 is 9.84 Å². The van der Waals surface area contributed by atoms with Crippen LogP contribution in [0.2, 0.25) is 0 Å². The zero-order chi connectivity index (χ0) is 24.9. The van der Waals surface area contributed by atoms with Crippen LogP contribution in [0.1, 0.15) is 34.0 Å². The van der Waals surface area contributed by atoms with Gasteiger partial charge in [0.15, 0.2) is 21.5 Å². The number of amidine groups is 2. The number of rotatable bonds is 5. The number of esters is 1. The summed E-state index contributed by atoms with van der Waals surface area (Å²) < 4.78 is 28.6. The van der Waals surface area contributed by atoms with Crippen molar-refractivity contribution >= 4 is 33.2 Å². The van der Waals surface area contributed by atoms with E-state index in [0.717, 1.165) is 6.26 Å². The number of carbonyl (C=O) groups excluding carboxylic acids is 1. The predicted octanol–water partition coefficient (Wildman–Crippen LogP) is 3.86. The maximum absolute atomic E-state index is 11.9. The van der Waals surface area contributed by atoms with Crippen LogP contribution in [0.3, 0.4) is 0 Å². The standard InChI is InChI=1S/C25H23N3O5S/c1-16(21-15-20(34(3,31)32)13-14-22(21)29)27-24(18-7-5-4-6-8-18)28-23(26)17-9-11-19(12-10-17)25(30)33-2/h4-15,26,29H,1-3H3. The van der Waals surface area contributed by atoms with Crippen molar-refractivity contribution in [3.63, 3.8) is 0 Å². The van der Waals surface area contributed by atoms with Crippen LogP contribution in [0.15, 0.2) is 87.7 Å². The number of methoxy groups -OCH3 is 1. The molecule has 0 radical (unpaired) electrons. The van der Waals surface area contributed by atoms with Gasteiger partial charge in [-0.1, -0.05) is 42.5 Å². The summed E-state index contributed by atoms with van der Waals surface area (Å²) in [5.41, 5.74) is 1.98. The smallest absolute Gasteiger partial charge is 0.337 e. The van der Waals surface area contributed by atoms with Crippen LogP contribution in [0, 0.1) is 5.41 Å². The highest BCUT2D eigenvalue weighted by molar-refractivity contribution is 7.90. The van der Waals surface area contributed by atoms with E-state index in [1.54, 1.807) is 43.3 Å². The van der Waals surface area contributed by atoms with Crippen molar-refractivity contribution in [1.82, 2.24) is 0 Å². The number of nitrogens with one attached hydrogen (secondary N) is 1. The Morgan fingerprint density at radius 2 is 1.53 bits per heavy atom. The fraction of sp³-hybridized carbons (Fsp3) is 0.120. The van der Waals surface area contributed by atoms with Crippen LogP contribution < -0.4 is 0 Å². The summed E-state index contributed by atoms with van der Waals surface area (Å²) in [6.45, 7) is 1.62. The van der Waals surface area contributed by atoms with Crippen molar-refractivity contribution in [2.45, 2.75) is 11.8 Å². The van der Waals surface area contributed by atoms with Crippen molar-refractivity contribution < 1.29 is 23.1 Å². The topological polar surface area (TPSA) is 129 Å². The Hall–Kier alpha value is -4.11. The molecule has 0 amide bonds. The van der Waals surface area contributed by atoms with Gasteiger partial charge in [0.05, 0.1) is 23.3 Å². The third-order valence-corrected chi connectivity index (χ3v) is 6.00. The highest BCUT2D eigenvalue weighted by atomic mass is 32.2. The lowest BCUT2D eigenvalue weighted by molar-refractivity contribution is 0.0600. The lowest BCUT2D eigenvalue weighted by Gasteiger charge is -2.09. The normalized spacial score (nSPS) is 12.3. The molecule has 3 aromatic carbocycles. The third kappa shape index (κ3) is 5.81. The van der Waals surface area contributed by atoms with Gasteiger partial charge in [-0.25, -0.2) is 23.2 Å². The van der Waals surface area contributed by atoms with E-state index < -0.39 is 15.8 Å². The van der Waals surface area contributed by atoms with Gasteiger partial charge in [-0.3, -0.25) is 5.41 Å². The van der Waals surface area contributed by atoms with Crippen molar-refractivity contribution in [1.29, 1.82) is 5.41 Å². The number of hydrogen-bond donors (Lipinski definition) is 2. The Morgan fingerprint density at radius 3 is 2.12 bits per heavy atom. The van der Waals surface area contributed by atoms with Gasteiger partial charge in [-0.15, -0.1) is 0 Å². The minimum absolute atomic E-state index is 0.0477. The largest absolute Gasteiger partial charge is 0.507 e. The molecule has 0 heterocycles. The average Bonchev–Trinajstić information content (AvgIpc) is 2.83. The highest BCUT2D eigenvalue weighted by Gasteiger charge is 2.14. The Kier molecular flexibility index (Phi) is 7.37. The molecule has 0 bridgehead atoms. The van der Waals surface area contributed by atoms with Crippen LogP contribution in [-0.2, 0) is 14.6 Å². The Labute approximate surface area is 197 Å². The van der Waals surface area contributed by atoms with Gasteiger partial charge in [-0.2, -0.15) is 0 Å². The molecule has 174 valence electrons. The average molecular weight is 478 g/mol. The summed E-state index contributed by atoms with van der Waals surface area (Å²) in [5.74, 6) is -0.511. The molecule has 3 aromatic rings. The van der Waals surface area contributed by atoms with Crippen LogP contribution in [-0.4, -0.2) is 50.2 Å². The van der Waals surface area contributed by atoms with E-state index in [1.165, 1.54) is 37.4 Å². The van der Waals surface area contributed by atoms with Crippen LogP contribution in [0.4, 0.5) is 0 Å². The molecule has 9 heteroatoms. The quantitative estimate of drug-likeness (QED) is 0.327. The Bertz CT molecular complexity index is 1390. The van der Waals surface area contributed by atoms with Crippen molar-refractivity contribution in [2.75, 3.05) is 13.4 Å². The number of aromatic hydroxyl groups is 1. The van der Waals surface area contributed by atoms with Gasteiger partial charge in [-0.05, 0) is 37.3 Å². The molecule has 0 spiro atoms. The van der Waals surface area contributed by atoms with E-state index in [4.69, 9.17) is 5.41 Å². The molecule has 0 saturated heterocycles. The van der Waals surface area contributed by atoms with Gasteiger partial charge in [0.2, 0.25) is 0 Å². The molecule has 0 aliphatic heterocycles. The maximum atomic E-state index is 11.9. The minimum atomic E-state index is -3.49. The second-order valence-corrected chi connectivity index (χ2v) is 9.38. The summed E-state index contributed by atoms with van der Waals surface area (Å²) in [7, 11) is -2.20. The summed E-state index contributed by atoms with van der Waals surface area (Å²) in [6.07, 6.45) is 1.08. The SMILES string of the molecule is COC(=O)c1ccc(C(=N)N=C(N=C(C)c2cc(S(C)(=O)=O)ccc2O)c2ccccc2)cc1. The van der Waals surface area contributed by atoms with Crippen LogP contribution >= 0.6 is 0 Å². The molecule has 0 saturated carbocycles. The molecule has 0 unspecified atom stereocenters. The van der Waals surface area contributed by atoms with Gasteiger partial charge in [0, 0.05) is 22.9 Å². The van der Waals surface area contributed by atoms with Crippen LogP contribution in [0.5, 0.6) is 5.75 Å². The van der Waals surface area contributed by atoms with Crippen molar-refractivity contribution in [2.24, 2.45) is 9.98 Å². The first-order valence-electron chi connectivity index (χ1n) is 10.1. The molecule has 2 N–H and O–H groups in total. The molecule has 0 fully saturated rings. The molecule has 3 rings (SSSR count). The number of hydrogen-bond acceptors (Lipinski definition) is 6. The molecule has 34 heavy (non-hydrogen) atoms. The number of phenolic OH excluding ortho intramolecular Hbond substituents is 1. The Morgan fingerprint density at radius 1 is 0.912 bits per heavy atom. The lowest BCUT2D eigenvalue weighted by atomic mass is 10.1. The second kappa shape index (κ2) is 10.2. The van der Waals surface area contributed by atoms with E-state index >= 15 is 0 Å². The highest BCUT2D eigenvalue weighted by Crippen LogP contribution is 2.23. The number of carbonyl (C=O) groups is 1. The molecular weight excluding hydrogens is 454 g/mol. The molecule has 0 aliphatic rings. The van der Waals surface area contributed by atoms with E-state index in [1.807, 2.05) is 6.07 Å². The predicted molar refractivity (Wildman–Crippen MR) is 131 cm³/mol. The molecule has 0 atom stereocenters. The fourth-order valence-corrected chi connectivity index (χ4v) is 3.70.